The van der Waals surface area contributed by atoms with E-state index < -0.39 is 0 Å². The zero-order valence-electron chi connectivity index (χ0n) is 11.3. The Balaban J connectivity index is 2.06. The molecule has 1 amide bonds. The smallest absolute Gasteiger partial charge is 0.260 e. The lowest BCUT2D eigenvalue weighted by Gasteiger charge is -2.15. The van der Waals surface area contributed by atoms with Gasteiger partial charge in [-0.3, -0.25) is 4.79 Å². The highest BCUT2D eigenvalue weighted by atomic mass is 32.1. The van der Waals surface area contributed by atoms with E-state index in [-0.39, 0.29) is 37.4 Å². The number of hydrogen-bond acceptors (Lipinski definition) is 6. The summed E-state index contributed by atoms with van der Waals surface area (Å²) in [6.45, 7) is -0.104. The van der Waals surface area contributed by atoms with Gasteiger partial charge in [0.1, 0.15) is 11.5 Å². The van der Waals surface area contributed by atoms with E-state index in [1.165, 1.54) is 17.0 Å². The van der Waals surface area contributed by atoms with Gasteiger partial charge in [0.15, 0.2) is 6.61 Å². The van der Waals surface area contributed by atoms with E-state index in [0.717, 1.165) is 11.7 Å². The van der Waals surface area contributed by atoms with Crippen LogP contribution in [-0.4, -0.2) is 51.5 Å². The highest BCUT2D eigenvalue weighted by Crippen LogP contribution is 2.28. The molecule has 0 atom stereocenters. The first kappa shape index (κ1) is 15.3. The van der Waals surface area contributed by atoms with E-state index in [1.807, 2.05) is 0 Å². The maximum atomic E-state index is 13.2. The van der Waals surface area contributed by atoms with Crippen molar-refractivity contribution in [1.82, 2.24) is 13.6 Å². The summed E-state index contributed by atoms with van der Waals surface area (Å²) < 4.78 is 26.6. The molecule has 0 unspecified atom stereocenters. The number of hydrogen-bond donors (Lipinski definition) is 1. The molecular weight excluding hydrogens is 297 g/mol. The Morgan fingerprint density at radius 2 is 2.29 bits per heavy atom. The largest absolute Gasteiger partial charge is 0.465 e. The molecule has 1 aromatic heterocycles. The molecule has 0 saturated carbocycles. The van der Waals surface area contributed by atoms with E-state index in [2.05, 4.69) is 8.75 Å². The van der Waals surface area contributed by atoms with Crippen molar-refractivity contribution in [3.8, 4) is 17.1 Å². The SMILES string of the molecule is CN(CCO)C(=O)COc1nsnc1-c1cccc(F)c1. The number of carbonyl (C=O) groups is 1. The maximum Gasteiger partial charge on any atom is 0.260 e. The van der Waals surface area contributed by atoms with Gasteiger partial charge >= 0.3 is 0 Å². The van der Waals surface area contributed by atoms with Crippen molar-refractivity contribution in [2.24, 2.45) is 0 Å². The van der Waals surface area contributed by atoms with Crippen LogP contribution < -0.4 is 4.74 Å². The molecule has 2 aromatic rings. The first-order valence-corrected chi connectivity index (χ1v) is 6.91. The van der Waals surface area contributed by atoms with Gasteiger partial charge in [-0.15, -0.1) is 4.37 Å². The number of likely N-dealkylation sites (N-methyl/N-ethyl adjacent to an activating group) is 1. The van der Waals surface area contributed by atoms with Crippen LogP contribution in [0.4, 0.5) is 4.39 Å². The van der Waals surface area contributed by atoms with E-state index in [1.54, 1.807) is 19.2 Å². The Bertz CT molecular complexity index is 620. The molecule has 1 aromatic carbocycles. The van der Waals surface area contributed by atoms with E-state index in [9.17, 15) is 9.18 Å². The molecule has 0 aliphatic rings. The number of benzene rings is 1. The third-order valence-corrected chi connectivity index (χ3v) is 3.26. The van der Waals surface area contributed by atoms with Crippen molar-refractivity contribution in [3.63, 3.8) is 0 Å². The monoisotopic (exact) mass is 311 g/mol. The summed E-state index contributed by atoms with van der Waals surface area (Å²) in [7, 11) is 1.56. The summed E-state index contributed by atoms with van der Waals surface area (Å²) in [5.41, 5.74) is 0.937. The summed E-state index contributed by atoms with van der Waals surface area (Å²) >= 11 is 0.925. The van der Waals surface area contributed by atoms with Gasteiger partial charge in [-0.25, -0.2) is 4.39 Å². The second-order valence-corrected chi connectivity index (χ2v) is 4.78. The summed E-state index contributed by atoms with van der Waals surface area (Å²) in [5, 5.41) is 8.77. The molecule has 1 N–H and O–H groups in total. The molecule has 0 aliphatic heterocycles. The fourth-order valence-electron chi connectivity index (χ4n) is 1.60. The van der Waals surface area contributed by atoms with E-state index in [0.29, 0.717) is 11.3 Å². The Morgan fingerprint density at radius 3 is 3.00 bits per heavy atom. The average molecular weight is 311 g/mol. The standard InChI is InChI=1S/C13H14FN3O3S/c1-17(5-6-18)11(19)8-20-13-12(15-21-16-13)9-3-2-4-10(14)7-9/h2-4,7,18H,5-6,8H2,1H3. The highest BCUT2D eigenvalue weighted by Gasteiger charge is 2.15. The van der Waals surface area contributed by atoms with Gasteiger partial charge in [-0.1, -0.05) is 12.1 Å². The highest BCUT2D eigenvalue weighted by molar-refractivity contribution is 6.99. The Labute approximate surface area is 125 Å². The minimum absolute atomic E-state index is 0.116. The summed E-state index contributed by atoms with van der Waals surface area (Å²) in [4.78, 5) is 13.1. The number of aliphatic hydroxyl groups excluding tert-OH is 1. The van der Waals surface area contributed by atoms with Gasteiger partial charge in [0.25, 0.3) is 11.8 Å². The minimum Gasteiger partial charge on any atom is -0.465 e. The predicted octanol–water partition coefficient (Wildman–Crippen LogP) is 1.17. The lowest BCUT2D eigenvalue weighted by molar-refractivity contribution is -0.132. The molecule has 0 saturated heterocycles. The van der Waals surface area contributed by atoms with Crippen molar-refractivity contribution in [3.05, 3.63) is 30.1 Å². The molecule has 0 fully saturated rings. The fourth-order valence-corrected chi connectivity index (χ4v) is 2.12. The second kappa shape index (κ2) is 7.09. The van der Waals surface area contributed by atoms with Crippen molar-refractivity contribution in [2.75, 3.05) is 26.8 Å². The van der Waals surface area contributed by atoms with Crippen LogP contribution in [0.5, 0.6) is 5.88 Å². The predicted molar refractivity (Wildman–Crippen MR) is 75.5 cm³/mol. The minimum atomic E-state index is -0.384. The molecule has 6 nitrogen and oxygen atoms in total. The molecule has 21 heavy (non-hydrogen) atoms. The van der Waals surface area contributed by atoms with Crippen molar-refractivity contribution in [1.29, 1.82) is 0 Å². The summed E-state index contributed by atoms with van der Waals surface area (Å²) in [6.07, 6.45) is 0. The molecule has 112 valence electrons. The number of carbonyl (C=O) groups excluding carboxylic acids is 1. The Hall–Kier alpha value is -2.06. The summed E-state index contributed by atoms with van der Waals surface area (Å²) in [5.74, 6) is -0.483. The van der Waals surface area contributed by atoms with Gasteiger partial charge in [0, 0.05) is 19.2 Å². The Kier molecular flexibility index (Phi) is 5.18. The third-order valence-electron chi connectivity index (χ3n) is 2.75. The molecule has 0 aliphatic carbocycles. The molecule has 1 heterocycles. The number of nitrogens with zero attached hydrogens (tertiary/aromatic N) is 3. The van der Waals surface area contributed by atoms with Crippen LogP contribution in [0, 0.1) is 5.82 Å². The molecular formula is C13H14FN3O3S. The average Bonchev–Trinajstić information content (AvgIpc) is 2.93. The van der Waals surface area contributed by atoms with Gasteiger partial charge in [0.2, 0.25) is 0 Å². The lowest BCUT2D eigenvalue weighted by Crippen LogP contribution is -2.33. The molecule has 2 rings (SSSR count). The first-order chi connectivity index (χ1) is 10.1. The second-order valence-electron chi connectivity index (χ2n) is 4.26. The van der Waals surface area contributed by atoms with Gasteiger partial charge in [-0.2, -0.15) is 4.37 Å². The number of ether oxygens (including phenoxy) is 1. The number of rotatable bonds is 6. The first-order valence-electron chi connectivity index (χ1n) is 6.18. The van der Waals surface area contributed by atoms with Gasteiger partial charge in [-0.05, 0) is 12.1 Å². The van der Waals surface area contributed by atoms with E-state index >= 15 is 0 Å². The van der Waals surface area contributed by atoms with Crippen molar-refractivity contribution >= 4 is 17.6 Å². The van der Waals surface area contributed by atoms with E-state index in [4.69, 9.17) is 9.84 Å². The van der Waals surface area contributed by atoms with Gasteiger partial charge in [0.05, 0.1) is 18.3 Å². The fraction of sp³-hybridized carbons (Fsp3) is 0.308. The zero-order chi connectivity index (χ0) is 15.2. The number of aliphatic hydroxyl groups is 1. The van der Waals surface area contributed by atoms with Crippen LogP contribution >= 0.6 is 11.7 Å². The molecule has 0 spiro atoms. The maximum absolute atomic E-state index is 13.2. The van der Waals surface area contributed by atoms with Crippen LogP contribution in [0.25, 0.3) is 11.3 Å². The quantitative estimate of drug-likeness (QED) is 0.867. The van der Waals surface area contributed by atoms with Crippen LogP contribution in [-0.2, 0) is 4.79 Å². The lowest BCUT2D eigenvalue weighted by atomic mass is 10.1. The van der Waals surface area contributed by atoms with Crippen LogP contribution in [0.3, 0.4) is 0 Å². The van der Waals surface area contributed by atoms with Gasteiger partial charge < -0.3 is 14.7 Å². The van der Waals surface area contributed by atoms with Crippen LogP contribution in [0.2, 0.25) is 0 Å². The molecule has 0 radical (unpaired) electrons. The van der Waals surface area contributed by atoms with Crippen LogP contribution in [0.15, 0.2) is 24.3 Å². The molecule has 0 bridgehead atoms. The topological polar surface area (TPSA) is 75.5 Å². The summed E-state index contributed by atoms with van der Waals surface area (Å²) in [6, 6.07) is 5.90. The number of halogens is 1. The number of aromatic nitrogens is 2. The Morgan fingerprint density at radius 1 is 1.48 bits per heavy atom. The van der Waals surface area contributed by atoms with Crippen molar-refractivity contribution in [2.45, 2.75) is 0 Å². The number of amides is 1. The van der Waals surface area contributed by atoms with Crippen LogP contribution in [0.1, 0.15) is 0 Å². The van der Waals surface area contributed by atoms with Crippen molar-refractivity contribution < 1.29 is 19.0 Å². The normalized spacial score (nSPS) is 10.4. The molecule has 8 heteroatoms. The zero-order valence-corrected chi connectivity index (χ0v) is 12.1. The third kappa shape index (κ3) is 3.96.